The van der Waals surface area contributed by atoms with Crippen LogP contribution in [0.15, 0.2) is 0 Å². The van der Waals surface area contributed by atoms with Crippen molar-refractivity contribution in [3.05, 3.63) is 0 Å². The zero-order chi connectivity index (χ0) is 10.1. The molecule has 0 aromatic carbocycles. The van der Waals surface area contributed by atoms with Crippen LogP contribution in [0.4, 0.5) is 17.6 Å². The van der Waals surface area contributed by atoms with E-state index in [-0.39, 0.29) is 6.54 Å². The molecule has 1 fully saturated rings. The number of carbonyl (C=O) groups excluding carboxylic acids is 1. The van der Waals surface area contributed by atoms with Gasteiger partial charge in [0.05, 0.1) is 6.67 Å². The number of alkyl halides is 4. The van der Waals surface area contributed by atoms with Crippen molar-refractivity contribution in [2.75, 3.05) is 13.2 Å². The van der Waals surface area contributed by atoms with E-state index in [0.29, 0.717) is 12.8 Å². The molecule has 0 unspecified atom stereocenters. The molecule has 0 aromatic rings. The van der Waals surface area contributed by atoms with E-state index in [2.05, 4.69) is 0 Å². The molecule has 0 heterocycles. The van der Waals surface area contributed by atoms with E-state index >= 15 is 0 Å². The Bertz CT molecular complexity index is 209. The largest absolute Gasteiger partial charge is 0.471 e. The lowest BCUT2D eigenvalue weighted by Crippen LogP contribution is -2.40. The average molecular weight is 199 g/mol. The lowest BCUT2D eigenvalue weighted by atomic mass is 10.1. The fourth-order valence-electron chi connectivity index (χ4n) is 0.902. The lowest BCUT2D eigenvalue weighted by Gasteiger charge is -2.12. The van der Waals surface area contributed by atoms with E-state index in [1.807, 2.05) is 0 Å². The maximum atomic E-state index is 12.1. The van der Waals surface area contributed by atoms with Gasteiger partial charge < -0.3 is 5.32 Å². The highest BCUT2D eigenvalue weighted by atomic mass is 19.4. The van der Waals surface area contributed by atoms with Crippen LogP contribution in [0.1, 0.15) is 12.8 Å². The molecule has 0 radical (unpaired) electrons. The van der Waals surface area contributed by atoms with Gasteiger partial charge in [0.2, 0.25) is 0 Å². The maximum Gasteiger partial charge on any atom is 0.471 e. The number of halogens is 4. The minimum absolute atomic E-state index is 0.220. The molecule has 1 N–H and O–H groups in total. The minimum Gasteiger partial charge on any atom is -0.348 e. The third kappa shape index (κ3) is 2.57. The quantitative estimate of drug-likeness (QED) is 0.684. The third-order valence-corrected chi connectivity index (χ3v) is 2.12. The number of amides is 1. The fourth-order valence-corrected chi connectivity index (χ4v) is 0.902. The van der Waals surface area contributed by atoms with Crippen LogP contribution in [-0.4, -0.2) is 25.3 Å². The van der Waals surface area contributed by atoms with Crippen LogP contribution < -0.4 is 5.32 Å². The summed E-state index contributed by atoms with van der Waals surface area (Å²) in [6, 6.07) is 0. The Balaban J connectivity index is 2.31. The molecule has 1 aliphatic carbocycles. The molecular weight excluding hydrogens is 190 g/mol. The fraction of sp³-hybridized carbons (Fsp3) is 0.857. The second-order valence-electron chi connectivity index (χ2n) is 3.31. The van der Waals surface area contributed by atoms with Gasteiger partial charge in [-0.1, -0.05) is 0 Å². The predicted molar refractivity (Wildman–Crippen MR) is 36.7 cm³/mol. The number of carbonyl (C=O) groups is 1. The summed E-state index contributed by atoms with van der Waals surface area (Å²) in [4.78, 5) is 10.3. The second kappa shape index (κ2) is 3.16. The number of nitrogens with one attached hydrogen (secondary N) is 1. The molecule has 13 heavy (non-hydrogen) atoms. The van der Waals surface area contributed by atoms with Gasteiger partial charge in [0.25, 0.3) is 0 Å². The number of hydrogen-bond acceptors (Lipinski definition) is 1. The smallest absolute Gasteiger partial charge is 0.348 e. The molecule has 76 valence electrons. The van der Waals surface area contributed by atoms with Crippen LogP contribution in [0.2, 0.25) is 0 Å². The summed E-state index contributed by atoms with van der Waals surface area (Å²) in [6.07, 6.45) is -3.78. The highest BCUT2D eigenvalue weighted by Crippen LogP contribution is 2.45. The first kappa shape index (κ1) is 10.3. The first-order chi connectivity index (χ1) is 5.90. The Labute approximate surface area is 72.3 Å². The monoisotopic (exact) mass is 199 g/mol. The summed E-state index contributed by atoms with van der Waals surface area (Å²) in [5.41, 5.74) is -0.707. The average Bonchev–Trinajstić information content (AvgIpc) is 2.79. The van der Waals surface area contributed by atoms with Crippen molar-refractivity contribution in [2.45, 2.75) is 19.0 Å². The number of rotatable bonds is 3. The van der Waals surface area contributed by atoms with E-state index in [1.54, 1.807) is 5.32 Å². The molecule has 0 spiro atoms. The van der Waals surface area contributed by atoms with Crippen molar-refractivity contribution >= 4 is 5.91 Å². The van der Waals surface area contributed by atoms with Crippen LogP contribution in [0.3, 0.4) is 0 Å². The summed E-state index contributed by atoms with van der Waals surface area (Å²) in [6.45, 7) is -0.896. The molecular formula is C7H9F4NO. The molecule has 1 saturated carbocycles. The molecule has 0 aromatic heterocycles. The first-order valence-electron chi connectivity index (χ1n) is 3.81. The van der Waals surface area contributed by atoms with E-state index in [1.165, 1.54) is 0 Å². The van der Waals surface area contributed by atoms with Gasteiger partial charge >= 0.3 is 12.1 Å². The Morgan fingerprint density at radius 3 is 2.23 bits per heavy atom. The van der Waals surface area contributed by atoms with Gasteiger partial charge in [0, 0.05) is 12.0 Å². The van der Waals surface area contributed by atoms with Crippen LogP contribution >= 0.6 is 0 Å². The molecule has 0 bridgehead atoms. The van der Waals surface area contributed by atoms with Crippen LogP contribution in [0, 0.1) is 5.41 Å². The summed E-state index contributed by atoms with van der Waals surface area (Å²) in [7, 11) is 0. The molecule has 6 heteroatoms. The Kier molecular flexibility index (Phi) is 2.49. The van der Waals surface area contributed by atoms with Gasteiger partial charge in [-0.05, 0) is 12.8 Å². The topological polar surface area (TPSA) is 29.1 Å². The molecule has 1 aliphatic rings. The molecule has 0 aliphatic heterocycles. The van der Waals surface area contributed by atoms with Gasteiger partial charge in [0.1, 0.15) is 0 Å². The highest BCUT2D eigenvalue weighted by molar-refractivity contribution is 5.81. The lowest BCUT2D eigenvalue weighted by molar-refractivity contribution is -0.173. The summed E-state index contributed by atoms with van der Waals surface area (Å²) >= 11 is 0. The zero-order valence-corrected chi connectivity index (χ0v) is 6.75. The second-order valence-corrected chi connectivity index (χ2v) is 3.31. The summed E-state index contributed by atoms with van der Waals surface area (Å²) in [5, 5.41) is 1.67. The van der Waals surface area contributed by atoms with Crippen molar-refractivity contribution in [1.82, 2.24) is 5.32 Å². The van der Waals surface area contributed by atoms with E-state index in [4.69, 9.17) is 0 Å². The normalized spacial score (nSPS) is 19.7. The van der Waals surface area contributed by atoms with Crippen molar-refractivity contribution in [1.29, 1.82) is 0 Å². The van der Waals surface area contributed by atoms with Crippen LogP contribution in [0.5, 0.6) is 0 Å². The van der Waals surface area contributed by atoms with Gasteiger partial charge in [-0.3, -0.25) is 9.18 Å². The Hall–Kier alpha value is -0.810. The molecule has 0 atom stereocenters. The first-order valence-corrected chi connectivity index (χ1v) is 3.81. The molecule has 1 rings (SSSR count). The van der Waals surface area contributed by atoms with Gasteiger partial charge in [-0.2, -0.15) is 13.2 Å². The van der Waals surface area contributed by atoms with Crippen LogP contribution in [0.25, 0.3) is 0 Å². The SMILES string of the molecule is O=C(NCC1(CF)CC1)C(F)(F)F. The van der Waals surface area contributed by atoms with E-state index in [0.717, 1.165) is 0 Å². The maximum absolute atomic E-state index is 12.1. The molecule has 2 nitrogen and oxygen atoms in total. The standard InChI is InChI=1S/C7H9F4NO/c8-3-6(1-2-6)4-12-5(13)7(9,10)11/h1-4H2,(H,12,13). The Morgan fingerprint density at radius 2 is 1.92 bits per heavy atom. The van der Waals surface area contributed by atoms with Crippen molar-refractivity contribution < 1.29 is 22.4 Å². The van der Waals surface area contributed by atoms with Gasteiger partial charge in [0.15, 0.2) is 0 Å². The van der Waals surface area contributed by atoms with E-state index in [9.17, 15) is 22.4 Å². The predicted octanol–water partition coefficient (Wildman–Crippen LogP) is 1.41. The minimum atomic E-state index is -4.87. The van der Waals surface area contributed by atoms with Gasteiger partial charge in [-0.15, -0.1) is 0 Å². The van der Waals surface area contributed by atoms with Gasteiger partial charge in [-0.25, -0.2) is 0 Å². The van der Waals surface area contributed by atoms with Crippen molar-refractivity contribution in [3.63, 3.8) is 0 Å². The van der Waals surface area contributed by atoms with Crippen molar-refractivity contribution in [3.8, 4) is 0 Å². The highest BCUT2D eigenvalue weighted by Gasteiger charge is 2.45. The number of hydrogen-bond donors (Lipinski definition) is 1. The third-order valence-electron chi connectivity index (χ3n) is 2.12. The van der Waals surface area contributed by atoms with E-state index < -0.39 is 24.2 Å². The molecule has 0 saturated heterocycles. The zero-order valence-electron chi connectivity index (χ0n) is 6.75. The van der Waals surface area contributed by atoms with Crippen LogP contribution in [-0.2, 0) is 4.79 Å². The Morgan fingerprint density at radius 1 is 1.38 bits per heavy atom. The summed E-state index contributed by atoms with van der Waals surface area (Å²) < 4.78 is 47.1. The van der Waals surface area contributed by atoms with Crippen molar-refractivity contribution in [2.24, 2.45) is 5.41 Å². The summed E-state index contributed by atoms with van der Waals surface area (Å²) in [5.74, 6) is -1.99. The molecule has 1 amide bonds.